The lowest BCUT2D eigenvalue weighted by atomic mass is 9.76. The van der Waals surface area contributed by atoms with Crippen molar-refractivity contribution in [1.29, 1.82) is 0 Å². The molecule has 514 valence electrons. The van der Waals surface area contributed by atoms with Gasteiger partial charge in [0.15, 0.2) is 0 Å². The van der Waals surface area contributed by atoms with Crippen molar-refractivity contribution < 1.29 is 4.12 Å². The van der Waals surface area contributed by atoms with E-state index in [4.69, 9.17) is 0 Å². The Morgan fingerprint density at radius 1 is 0.220 bits per heavy atom. The average molecular weight is 1280 g/mol. The molecule has 0 N–H and O–H groups in total. The minimum absolute atomic E-state index is 0.00167. The summed E-state index contributed by atoms with van der Waals surface area (Å²) in [5, 5.41) is 6.12. The van der Waals surface area contributed by atoms with Crippen molar-refractivity contribution in [3.05, 3.63) is 117 Å². The van der Waals surface area contributed by atoms with Gasteiger partial charge in [0.1, 0.15) is 0 Å². The summed E-state index contributed by atoms with van der Waals surface area (Å²) in [4.78, 5) is 0. The first-order valence-corrected chi connectivity index (χ1v) is 41.7. The van der Waals surface area contributed by atoms with E-state index in [1.165, 1.54) is 245 Å². The van der Waals surface area contributed by atoms with E-state index >= 15 is 0 Å². The molecule has 91 heavy (non-hydrogen) atoms. The quantitative estimate of drug-likeness (QED) is 0.0316. The van der Waals surface area contributed by atoms with Crippen LogP contribution in [0.4, 0.5) is 0 Å². The first kappa shape index (κ1) is 80.7. The second-order valence-electron chi connectivity index (χ2n) is 34.5. The van der Waals surface area contributed by atoms with Crippen molar-refractivity contribution in [1.82, 2.24) is 0 Å². The second-order valence-corrected chi connectivity index (χ2v) is 38.8. The number of benzene rings is 4. The number of unbranched alkanes of at least 4 members (excludes halogenated alkanes) is 16. The molecule has 0 aliphatic carbocycles. The van der Waals surface area contributed by atoms with Crippen molar-refractivity contribution >= 4 is 38.8 Å². The smallest absolute Gasteiger partial charge is 0.273 e. The Labute approximate surface area is 571 Å². The lowest BCUT2D eigenvalue weighted by Crippen LogP contribution is -2.61. The molecule has 2 radical (unpaired) electrons. The summed E-state index contributed by atoms with van der Waals surface area (Å²) in [6.45, 7) is 60.5. The van der Waals surface area contributed by atoms with Crippen LogP contribution >= 0.6 is 0 Å². The Balaban J connectivity index is 2.57. The van der Waals surface area contributed by atoms with Crippen LogP contribution in [0.3, 0.4) is 0 Å². The summed E-state index contributed by atoms with van der Waals surface area (Å²) in [6.07, 6.45) is 39.3. The minimum Gasteiger partial charge on any atom is -0.442 e. The highest BCUT2D eigenvalue weighted by molar-refractivity contribution is 6.92. The van der Waals surface area contributed by atoms with Crippen LogP contribution in [0.5, 0.6) is 0 Å². The van der Waals surface area contributed by atoms with Crippen LogP contribution in [-0.4, -0.2) is 18.1 Å². The van der Waals surface area contributed by atoms with E-state index in [0.717, 1.165) is 25.7 Å². The molecule has 0 fully saturated rings. The van der Waals surface area contributed by atoms with E-state index < -0.39 is 18.1 Å². The lowest BCUT2D eigenvalue weighted by Gasteiger charge is -2.39. The zero-order chi connectivity index (χ0) is 67.9. The summed E-state index contributed by atoms with van der Waals surface area (Å²) >= 11 is 0. The molecule has 0 bridgehead atoms. The molecule has 4 rings (SSSR count). The Morgan fingerprint density at radius 3 is 0.527 bits per heavy atom. The zero-order valence-corrected chi connectivity index (χ0v) is 67.0. The van der Waals surface area contributed by atoms with Gasteiger partial charge in [-0.15, -0.1) is 0 Å². The summed E-state index contributed by atoms with van der Waals surface area (Å²) in [5.41, 5.74) is 11.8. The maximum absolute atomic E-state index is 9.51. The third kappa shape index (κ3) is 23.2. The monoisotopic (exact) mass is 1280 g/mol. The molecule has 3 heteroatoms. The molecule has 0 saturated heterocycles. The van der Waals surface area contributed by atoms with Crippen molar-refractivity contribution in [2.45, 2.75) is 415 Å². The normalized spacial score (nSPS) is 13.4. The SMILES string of the molecule is CCCCCC(C)(C)c1ccc(C(C)(C)CCCCC)c([Si](O[Si](c2cc(C(C)(C)CCCCC)ccc2C(C)(C)CCCCC)c2cc(C(C)(C)CCCCC)ccc2C(C)(C)CCCCC)c2cc(C(C)(C)CCCCC)ccc2C(C)(C)CCCCC)c1. The molecule has 4 aromatic carbocycles. The van der Waals surface area contributed by atoms with Gasteiger partial charge in [-0.25, -0.2) is 0 Å². The number of hydrogen-bond acceptors (Lipinski definition) is 1. The zero-order valence-electron chi connectivity index (χ0n) is 65.0. The van der Waals surface area contributed by atoms with Crippen LogP contribution in [0.1, 0.15) is 416 Å². The summed E-state index contributed by atoms with van der Waals surface area (Å²) in [6, 6.07) is 32.4. The fourth-order valence-electron chi connectivity index (χ4n) is 15.2. The number of hydrogen-bond donors (Lipinski definition) is 0. The maximum atomic E-state index is 9.51. The number of rotatable bonds is 46. The average Bonchev–Trinajstić information content (AvgIpc) is 0.798. The fraction of sp³-hybridized carbons (Fsp3) is 0.727. The van der Waals surface area contributed by atoms with Gasteiger partial charge in [-0.05, 0) is 160 Å². The predicted octanol–water partition coefficient (Wildman–Crippen LogP) is 25.5. The summed E-state index contributed by atoms with van der Waals surface area (Å²) < 4.78 is 9.51. The Bertz CT molecular complexity index is 2350. The molecule has 0 spiro atoms. The Morgan fingerprint density at radius 2 is 0.374 bits per heavy atom. The Kier molecular flexibility index (Phi) is 32.9. The standard InChI is InChI=1S/C88H148OSi2/c1-25-33-41-57-81(9,10)69-49-53-73(85(17,18)61-45-37-29-5)77(65-69)90(78-66-70(82(11,12)58-42-34-26-2)50-54-74(78)86(19,20)62-46-38-30-6)89-91(79-67-71(83(13,14)59-43-35-27-3)51-55-75(79)87(21,22)63-47-39-31-7)80-68-72(84(15,16)60-44-36-28-4)52-56-76(80)88(23,24)64-48-40-32-8/h49-56,65-68H,25-48,57-64H2,1-24H3. The van der Waals surface area contributed by atoms with Gasteiger partial charge in [0, 0.05) is 0 Å². The lowest BCUT2D eigenvalue weighted by molar-refractivity contribution is 0.441. The molecule has 0 amide bonds. The first-order valence-electron chi connectivity index (χ1n) is 38.8. The van der Waals surface area contributed by atoms with Gasteiger partial charge in [-0.1, -0.05) is 393 Å². The molecule has 0 unspecified atom stereocenters. The Hall–Kier alpha value is -2.73. The van der Waals surface area contributed by atoms with Gasteiger partial charge in [-0.3, -0.25) is 0 Å². The largest absolute Gasteiger partial charge is 0.442 e. The van der Waals surface area contributed by atoms with Crippen molar-refractivity contribution in [3.8, 4) is 0 Å². The van der Waals surface area contributed by atoms with E-state index in [0.29, 0.717) is 0 Å². The van der Waals surface area contributed by atoms with E-state index in [9.17, 15) is 4.12 Å². The van der Waals surface area contributed by atoms with Crippen molar-refractivity contribution in [2.24, 2.45) is 0 Å². The fourth-order valence-corrected chi connectivity index (χ4v) is 22.2. The first-order chi connectivity index (χ1) is 42.8. The van der Waals surface area contributed by atoms with Crippen LogP contribution < -0.4 is 20.7 Å². The minimum atomic E-state index is -2.14. The van der Waals surface area contributed by atoms with Gasteiger partial charge in [0.25, 0.3) is 18.1 Å². The molecule has 0 saturated carbocycles. The van der Waals surface area contributed by atoms with Crippen molar-refractivity contribution in [3.63, 3.8) is 0 Å². The highest BCUT2D eigenvalue weighted by Gasteiger charge is 2.43. The molecule has 0 aromatic heterocycles. The van der Waals surface area contributed by atoms with Crippen LogP contribution in [0.15, 0.2) is 72.8 Å². The molecule has 0 aliphatic rings. The van der Waals surface area contributed by atoms with Crippen LogP contribution in [0.2, 0.25) is 0 Å². The maximum Gasteiger partial charge on any atom is 0.273 e. The third-order valence-electron chi connectivity index (χ3n) is 22.5. The molecule has 0 aliphatic heterocycles. The summed E-state index contributed by atoms with van der Waals surface area (Å²) in [7, 11) is -4.28. The van der Waals surface area contributed by atoms with Crippen molar-refractivity contribution in [2.75, 3.05) is 0 Å². The molecule has 0 atom stereocenters. The molecular weight excluding hydrogens is 1130 g/mol. The van der Waals surface area contributed by atoms with Gasteiger partial charge in [-0.2, -0.15) is 0 Å². The van der Waals surface area contributed by atoms with Gasteiger partial charge >= 0.3 is 0 Å². The molecule has 0 heterocycles. The van der Waals surface area contributed by atoms with E-state index in [2.05, 4.69) is 239 Å². The van der Waals surface area contributed by atoms with E-state index in [-0.39, 0.29) is 43.3 Å². The molecule has 4 aromatic rings. The molecular formula is C88H148OSi2. The van der Waals surface area contributed by atoms with Crippen LogP contribution in [-0.2, 0) is 47.4 Å². The highest BCUT2D eigenvalue weighted by Crippen LogP contribution is 2.40. The molecule has 1 nitrogen and oxygen atoms in total. The van der Waals surface area contributed by atoms with Crippen LogP contribution in [0, 0.1) is 0 Å². The van der Waals surface area contributed by atoms with Gasteiger partial charge in [0.2, 0.25) is 0 Å². The van der Waals surface area contributed by atoms with E-state index in [1.54, 1.807) is 0 Å². The highest BCUT2D eigenvalue weighted by atomic mass is 28.4. The predicted molar refractivity (Wildman–Crippen MR) is 414 cm³/mol. The second kappa shape index (κ2) is 37.1. The van der Waals surface area contributed by atoms with E-state index in [1.807, 2.05) is 0 Å². The van der Waals surface area contributed by atoms with Gasteiger partial charge < -0.3 is 4.12 Å². The van der Waals surface area contributed by atoms with Gasteiger partial charge in [0.05, 0.1) is 0 Å². The summed E-state index contributed by atoms with van der Waals surface area (Å²) in [5.74, 6) is 0. The third-order valence-corrected chi connectivity index (χ3v) is 27.8. The van der Waals surface area contributed by atoms with Crippen LogP contribution in [0.25, 0.3) is 0 Å². The topological polar surface area (TPSA) is 9.23 Å².